The Morgan fingerprint density at radius 3 is 2.38 bits per heavy atom. The molecule has 1 unspecified atom stereocenters. The Hall–Kier alpha value is -0.870. The molecule has 16 heavy (non-hydrogen) atoms. The second-order valence-corrected chi connectivity index (χ2v) is 4.06. The first-order chi connectivity index (χ1) is 7.38. The van der Waals surface area contributed by atoms with Crippen molar-refractivity contribution in [1.29, 1.82) is 0 Å². The molecule has 0 aliphatic carbocycles. The fourth-order valence-corrected chi connectivity index (χ4v) is 1.65. The summed E-state index contributed by atoms with van der Waals surface area (Å²) in [5.41, 5.74) is 0.481. The summed E-state index contributed by atoms with van der Waals surface area (Å²) in [5.74, 6) is 0.0826. The largest absolute Gasteiger partial charge is 0.476 e. The van der Waals surface area contributed by atoms with Crippen LogP contribution >= 0.6 is 23.2 Å². The van der Waals surface area contributed by atoms with Crippen LogP contribution in [0, 0.1) is 0 Å². The molecule has 0 radical (unpaired) electrons. The minimum absolute atomic E-state index is 0.0826. The number of rotatable bonds is 0. The van der Waals surface area contributed by atoms with E-state index in [0.29, 0.717) is 5.56 Å². The van der Waals surface area contributed by atoms with Crippen LogP contribution in [0.1, 0.15) is 5.56 Å². The molecule has 0 spiro atoms. The Kier molecular flexibility index (Phi) is 2.80. The maximum Gasteiger partial charge on any atom is 0.429 e. The smallest absolute Gasteiger partial charge is 0.429 e. The number of benzene rings is 1. The van der Waals surface area contributed by atoms with Gasteiger partial charge in [0, 0.05) is 11.6 Å². The maximum atomic E-state index is 12.4. The van der Waals surface area contributed by atoms with Crippen LogP contribution in [0.2, 0.25) is 10.0 Å². The van der Waals surface area contributed by atoms with E-state index >= 15 is 0 Å². The van der Waals surface area contributed by atoms with Gasteiger partial charge in [-0.1, -0.05) is 29.3 Å². The number of ether oxygens (including phenoxy) is 1. The third-order valence-corrected chi connectivity index (χ3v) is 2.80. The molecule has 0 saturated carbocycles. The third kappa shape index (κ3) is 2.13. The molecule has 6 heteroatoms. The highest BCUT2D eigenvalue weighted by Gasteiger charge is 2.41. The monoisotopic (exact) mass is 268 g/mol. The van der Waals surface area contributed by atoms with Gasteiger partial charge in [-0.2, -0.15) is 13.2 Å². The number of hydrogen-bond acceptors (Lipinski definition) is 1. The van der Waals surface area contributed by atoms with Crippen LogP contribution in [0.3, 0.4) is 0 Å². The number of halogens is 5. The fraction of sp³-hybridized carbons (Fsp3) is 0.200. The minimum atomic E-state index is -4.43. The minimum Gasteiger partial charge on any atom is -0.476 e. The lowest BCUT2D eigenvalue weighted by atomic mass is 10.1. The molecule has 0 saturated heterocycles. The van der Waals surface area contributed by atoms with Gasteiger partial charge in [0.25, 0.3) is 0 Å². The molecular formula is C10H5Cl2F3O. The van der Waals surface area contributed by atoms with Crippen molar-refractivity contribution in [2.24, 2.45) is 0 Å². The van der Waals surface area contributed by atoms with Crippen LogP contribution < -0.4 is 4.74 Å². The zero-order valence-electron chi connectivity index (χ0n) is 7.68. The number of fused-ring (bicyclic) bond motifs is 1. The lowest BCUT2D eigenvalue weighted by Crippen LogP contribution is -2.33. The molecule has 2 rings (SSSR count). The van der Waals surface area contributed by atoms with E-state index in [9.17, 15) is 13.2 Å². The summed E-state index contributed by atoms with van der Waals surface area (Å²) in [7, 11) is 0. The molecule has 0 N–H and O–H groups in total. The van der Waals surface area contributed by atoms with E-state index in [2.05, 4.69) is 0 Å². The maximum absolute atomic E-state index is 12.4. The summed E-state index contributed by atoms with van der Waals surface area (Å²) in [6, 6.07) is 2.74. The SMILES string of the molecule is FC(F)(F)C1C=Cc2cc(Cl)c(Cl)cc2O1. The van der Waals surface area contributed by atoms with Crippen LogP contribution in [0.25, 0.3) is 6.08 Å². The second-order valence-electron chi connectivity index (χ2n) is 3.24. The molecule has 0 bridgehead atoms. The Labute approximate surface area is 99.4 Å². The Bertz CT molecular complexity index is 454. The molecular weight excluding hydrogens is 264 g/mol. The molecule has 0 aromatic heterocycles. The van der Waals surface area contributed by atoms with E-state index < -0.39 is 12.3 Å². The van der Waals surface area contributed by atoms with Crippen LogP contribution in [0.4, 0.5) is 13.2 Å². The Morgan fingerprint density at radius 2 is 1.75 bits per heavy atom. The van der Waals surface area contributed by atoms with E-state index in [1.54, 1.807) is 0 Å². The molecule has 1 aliphatic heterocycles. The topological polar surface area (TPSA) is 9.23 Å². The fourth-order valence-electron chi connectivity index (χ4n) is 1.32. The second kappa shape index (κ2) is 3.86. The van der Waals surface area contributed by atoms with Crippen LogP contribution in [-0.2, 0) is 0 Å². The van der Waals surface area contributed by atoms with E-state index in [-0.39, 0.29) is 15.8 Å². The molecule has 0 fully saturated rings. The van der Waals surface area contributed by atoms with Crippen molar-refractivity contribution >= 4 is 29.3 Å². The van der Waals surface area contributed by atoms with Gasteiger partial charge in [0.1, 0.15) is 5.75 Å². The quantitative estimate of drug-likeness (QED) is 0.681. The van der Waals surface area contributed by atoms with E-state index in [4.69, 9.17) is 27.9 Å². The Morgan fingerprint density at radius 1 is 1.12 bits per heavy atom. The first-order valence-corrected chi connectivity index (χ1v) is 5.04. The first kappa shape index (κ1) is 11.6. The average molecular weight is 269 g/mol. The van der Waals surface area contributed by atoms with Crippen molar-refractivity contribution in [2.75, 3.05) is 0 Å². The van der Waals surface area contributed by atoms with Gasteiger partial charge in [-0.05, 0) is 12.1 Å². The summed E-state index contributed by atoms with van der Waals surface area (Å²) >= 11 is 11.4. The number of alkyl halides is 3. The predicted octanol–water partition coefficient (Wildman–Crippen LogP) is 4.33. The van der Waals surface area contributed by atoms with Gasteiger partial charge in [-0.3, -0.25) is 0 Å². The van der Waals surface area contributed by atoms with Crippen molar-refractivity contribution < 1.29 is 17.9 Å². The van der Waals surface area contributed by atoms with E-state index in [1.807, 2.05) is 0 Å². The highest BCUT2D eigenvalue weighted by Crippen LogP contribution is 2.37. The summed E-state index contributed by atoms with van der Waals surface area (Å²) in [5, 5.41) is 0.441. The van der Waals surface area contributed by atoms with Crippen molar-refractivity contribution in [3.8, 4) is 5.75 Å². The molecule has 86 valence electrons. The van der Waals surface area contributed by atoms with Gasteiger partial charge >= 0.3 is 6.18 Å². The van der Waals surface area contributed by atoms with Crippen LogP contribution in [-0.4, -0.2) is 12.3 Å². The highest BCUT2D eigenvalue weighted by molar-refractivity contribution is 6.42. The molecule has 0 amide bonds. The van der Waals surface area contributed by atoms with Crippen molar-refractivity contribution in [3.63, 3.8) is 0 Å². The summed E-state index contributed by atoms with van der Waals surface area (Å²) < 4.78 is 41.9. The van der Waals surface area contributed by atoms with Crippen molar-refractivity contribution in [2.45, 2.75) is 12.3 Å². The van der Waals surface area contributed by atoms with Gasteiger partial charge in [0.15, 0.2) is 0 Å². The molecule has 1 aromatic carbocycles. The van der Waals surface area contributed by atoms with Gasteiger partial charge < -0.3 is 4.74 Å². The zero-order valence-corrected chi connectivity index (χ0v) is 9.20. The molecule has 1 heterocycles. The first-order valence-electron chi connectivity index (χ1n) is 4.28. The summed E-state index contributed by atoms with van der Waals surface area (Å²) in [6.45, 7) is 0. The predicted molar refractivity (Wildman–Crippen MR) is 56.0 cm³/mol. The van der Waals surface area contributed by atoms with E-state index in [0.717, 1.165) is 6.08 Å². The standard InChI is InChI=1S/C10H5Cl2F3O/c11-6-3-5-1-2-9(10(13,14)15)16-8(5)4-7(6)12/h1-4,9H. The highest BCUT2D eigenvalue weighted by atomic mass is 35.5. The number of hydrogen-bond donors (Lipinski definition) is 0. The van der Waals surface area contributed by atoms with Gasteiger partial charge in [0.2, 0.25) is 6.10 Å². The van der Waals surface area contributed by atoms with E-state index in [1.165, 1.54) is 18.2 Å². The van der Waals surface area contributed by atoms with Gasteiger partial charge in [0.05, 0.1) is 10.0 Å². The summed E-state index contributed by atoms with van der Waals surface area (Å²) in [4.78, 5) is 0. The molecule has 1 aliphatic rings. The zero-order chi connectivity index (χ0) is 11.9. The molecule has 1 atom stereocenters. The Balaban J connectivity index is 2.38. The van der Waals surface area contributed by atoms with Crippen LogP contribution in [0.15, 0.2) is 18.2 Å². The average Bonchev–Trinajstić information content (AvgIpc) is 2.17. The van der Waals surface area contributed by atoms with Crippen molar-refractivity contribution in [1.82, 2.24) is 0 Å². The lowest BCUT2D eigenvalue weighted by Gasteiger charge is -2.23. The normalized spacial score (nSPS) is 19.2. The summed E-state index contributed by atoms with van der Waals surface area (Å²) in [6.07, 6.45) is -4.11. The third-order valence-electron chi connectivity index (χ3n) is 2.08. The lowest BCUT2D eigenvalue weighted by molar-refractivity contribution is -0.180. The van der Waals surface area contributed by atoms with Crippen LogP contribution in [0.5, 0.6) is 5.75 Å². The molecule has 1 nitrogen and oxygen atoms in total. The van der Waals surface area contributed by atoms with Crippen molar-refractivity contribution in [3.05, 3.63) is 33.8 Å². The van der Waals surface area contributed by atoms with Gasteiger partial charge in [-0.15, -0.1) is 0 Å². The molecule has 1 aromatic rings. The van der Waals surface area contributed by atoms with Gasteiger partial charge in [-0.25, -0.2) is 0 Å².